The van der Waals surface area contributed by atoms with Gasteiger partial charge in [0.2, 0.25) is 0 Å². The van der Waals surface area contributed by atoms with Crippen molar-refractivity contribution < 1.29 is 26.7 Å². The molecule has 0 bridgehead atoms. The highest BCUT2D eigenvalue weighted by Gasteiger charge is 2.27. The molecule has 0 saturated heterocycles. The van der Waals surface area contributed by atoms with Gasteiger partial charge < -0.3 is 15.0 Å². The number of benzene rings is 3. The molecule has 0 fully saturated rings. The summed E-state index contributed by atoms with van der Waals surface area (Å²) in [6.45, 7) is 3.41. The molecule has 2 N–H and O–H groups in total. The lowest BCUT2D eigenvalue weighted by atomic mass is 9.93. The number of ketones is 1. The van der Waals surface area contributed by atoms with E-state index in [9.17, 15) is 22.0 Å². The number of fused-ring (bicyclic) bond motifs is 1. The third kappa shape index (κ3) is 4.90. The van der Waals surface area contributed by atoms with Crippen LogP contribution in [-0.2, 0) is 9.84 Å². The highest BCUT2D eigenvalue weighted by atomic mass is 32.2. The van der Waals surface area contributed by atoms with Gasteiger partial charge >= 0.3 is 0 Å². The molecule has 0 aliphatic carbocycles. The summed E-state index contributed by atoms with van der Waals surface area (Å²) in [5, 5.41) is 3.52. The van der Waals surface area contributed by atoms with Gasteiger partial charge in [-0.1, -0.05) is 6.07 Å². The number of aryl methyl sites for hydroxylation is 2. The maximum absolute atomic E-state index is 14.2. The number of carbonyl (C=O) groups excluding carboxylic acids is 1. The zero-order chi connectivity index (χ0) is 25.5. The normalized spacial score (nSPS) is 12.5. The standard InChI is InChI=1S/C26H24F2N2O4S/c1-14-7-16(27)5-6-21(14)25(30-18-10-19(34-3)12-20(11-18)35(4,32)33)26(31)23-13-29-24-15(2)8-17(28)9-22(23)24/h5-13,25,29-30H,1-4H3. The number of Topliss-reactive ketones (excluding diaryl/α,β-unsaturated/α-hetero) is 1. The van der Waals surface area contributed by atoms with Gasteiger partial charge in [-0.25, -0.2) is 17.2 Å². The van der Waals surface area contributed by atoms with Crippen molar-refractivity contribution in [3.63, 3.8) is 0 Å². The van der Waals surface area contributed by atoms with Crippen LogP contribution in [0.5, 0.6) is 5.75 Å². The molecule has 0 saturated carbocycles. The summed E-state index contributed by atoms with van der Waals surface area (Å²) in [6, 6.07) is 10.0. The lowest BCUT2D eigenvalue weighted by Crippen LogP contribution is -2.22. The molecule has 35 heavy (non-hydrogen) atoms. The molecule has 1 atom stereocenters. The Morgan fingerprint density at radius 2 is 1.71 bits per heavy atom. The molecule has 1 heterocycles. The topological polar surface area (TPSA) is 88.3 Å². The molecule has 9 heteroatoms. The molecule has 0 amide bonds. The minimum Gasteiger partial charge on any atom is -0.497 e. The first-order valence-electron chi connectivity index (χ1n) is 10.7. The van der Waals surface area contributed by atoms with E-state index in [-0.39, 0.29) is 16.2 Å². The van der Waals surface area contributed by atoms with Crippen molar-refractivity contribution in [3.05, 3.63) is 88.6 Å². The van der Waals surface area contributed by atoms with Gasteiger partial charge in [-0.15, -0.1) is 0 Å². The van der Waals surface area contributed by atoms with Crippen molar-refractivity contribution in [2.45, 2.75) is 24.8 Å². The number of rotatable bonds is 7. The number of nitrogens with one attached hydrogen (secondary N) is 2. The first kappa shape index (κ1) is 24.4. The molecular weight excluding hydrogens is 474 g/mol. The van der Waals surface area contributed by atoms with Crippen molar-refractivity contribution in [3.8, 4) is 5.75 Å². The smallest absolute Gasteiger partial charge is 0.191 e. The molecule has 0 aliphatic rings. The van der Waals surface area contributed by atoms with Crippen LogP contribution in [0.3, 0.4) is 0 Å². The Kier molecular flexibility index (Phi) is 6.38. The molecule has 6 nitrogen and oxygen atoms in total. The monoisotopic (exact) mass is 498 g/mol. The third-order valence-electron chi connectivity index (χ3n) is 5.88. The SMILES string of the molecule is COc1cc(NC(C(=O)c2c[nH]c3c(C)cc(F)cc23)c2ccc(F)cc2C)cc(S(C)(=O)=O)c1. The summed E-state index contributed by atoms with van der Waals surface area (Å²) >= 11 is 0. The predicted octanol–water partition coefficient (Wildman–Crippen LogP) is 5.51. The number of sulfone groups is 1. The van der Waals surface area contributed by atoms with Gasteiger partial charge in [0.25, 0.3) is 0 Å². The number of hydrogen-bond donors (Lipinski definition) is 2. The number of aromatic nitrogens is 1. The maximum atomic E-state index is 14.2. The van der Waals surface area contributed by atoms with E-state index in [1.807, 2.05) is 0 Å². The van der Waals surface area contributed by atoms with E-state index in [2.05, 4.69) is 10.3 Å². The van der Waals surface area contributed by atoms with E-state index in [1.54, 1.807) is 19.9 Å². The number of anilines is 1. The van der Waals surface area contributed by atoms with E-state index in [1.165, 1.54) is 55.8 Å². The van der Waals surface area contributed by atoms with E-state index in [0.29, 0.717) is 33.3 Å². The summed E-state index contributed by atoms with van der Waals surface area (Å²) < 4.78 is 57.7. The van der Waals surface area contributed by atoms with Gasteiger partial charge in [-0.2, -0.15) is 0 Å². The first-order chi connectivity index (χ1) is 16.5. The zero-order valence-electron chi connectivity index (χ0n) is 19.6. The van der Waals surface area contributed by atoms with Crippen LogP contribution in [-0.4, -0.2) is 32.6 Å². The molecule has 0 spiro atoms. The van der Waals surface area contributed by atoms with Crippen molar-refractivity contribution in [1.82, 2.24) is 4.98 Å². The minimum absolute atomic E-state index is 0.00571. The second-order valence-electron chi connectivity index (χ2n) is 8.46. The largest absolute Gasteiger partial charge is 0.497 e. The number of carbonyl (C=O) groups is 1. The number of halogens is 2. The van der Waals surface area contributed by atoms with Crippen molar-refractivity contribution in [1.29, 1.82) is 0 Å². The molecule has 182 valence electrons. The average Bonchev–Trinajstić information content (AvgIpc) is 3.21. The summed E-state index contributed by atoms with van der Waals surface area (Å²) in [6.07, 6.45) is 2.58. The Labute approximate surface area is 201 Å². The minimum atomic E-state index is -3.58. The number of aromatic amines is 1. The van der Waals surface area contributed by atoms with Gasteiger partial charge in [0.1, 0.15) is 23.4 Å². The number of H-pyrrole nitrogens is 1. The Bertz CT molecular complexity index is 1560. The van der Waals surface area contributed by atoms with Crippen LogP contribution in [0.4, 0.5) is 14.5 Å². The van der Waals surface area contributed by atoms with Crippen LogP contribution in [0.25, 0.3) is 10.9 Å². The Balaban J connectivity index is 1.87. The van der Waals surface area contributed by atoms with Crippen molar-refractivity contribution in [2.75, 3.05) is 18.7 Å². The van der Waals surface area contributed by atoms with Gasteiger partial charge in [0, 0.05) is 40.7 Å². The van der Waals surface area contributed by atoms with Crippen molar-refractivity contribution >= 4 is 32.2 Å². The van der Waals surface area contributed by atoms with Crippen LogP contribution in [0.1, 0.15) is 33.1 Å². The fourth-order valence-corrected chi connectivity index (χ4v) is 4.80. The molecule has 0 radical (unpaired) electrons. The second kappa shape index (κ2) is 9.14. The molecule has 4 rings (SSSR count). The summed E-state index contributed by atoms with van der Waals surface area (Å²) in [4.78, 5) is 16.9. The molecular formula is C26H24F2N2O4S. The van der Waals surface area contributed by atoms with Crippen LogP contribution in [0.15, 0.2) is 59.6 Å². The molecule has 1 aromatic heterocycles. The van der Waals surface area contributed by atoms with Crippen LogP contribution < -0.4 is 10.1 Å². The lowest BCUT2D eigenvalue weighted by Gasteiger charge is -2.22. The summed E-state index contributed by atoms with van der Waals surface area (Å²) in [7, 11) is -2.17. The van der Waals surface area contributed by atoms with E-state index in [0.717, 1.165) is 6.26 Å². The summed E-state index contributed by atoms with van der Waals surface area (Å²) in [5.74, 6) is -1.05. The lowest BCUT2D eigenvalue weighted by molar-refractivity contribution is 0.0971. The number of hydrogen-bond acceptors (Lipinski definition) is 5. The van der Waals surface area contributed by atoms with Gasteiger partial charge in [-0.05, 0) is 66.9 Å². The third-order valence-corrected chi connectivity index (χ3v) is 6.97. The molecule has 1 unspecified atom stereocenters. The van der Waals surface area contributed by atoms with Crippen LogP contribution >= 0.6 is 0 Å². The Morgan fingerprint density at radius 1 is 1.00 bits per heavy atom. The Hall–Kier alpha value is -3.72. The Morgan fingerprint density at radius 3 is 2.37 bits per heavy atom. The highest BCUT2D eigenvalue weighted by Crippen LogP contribution is 2.33. The van der Waals surface area contributed by atoms with Crippen molar-refractivity contribution in [2.24, 2.45) is 0 Å². The maximum Gasteiger partial charge on any atom is 0.191 e. The summed E-state index contributed by atoms with van der Waals surface area (Å²) in [5.41, 5.74) is 2.84. The quantitative estimate of drug-likeness (QED) is 0.328. The van der Waals surface area contributed by atoms with Crippen LogP contribution in [0.2, 0.25) is 0 Å². The van der Waals surface area contributed by atoms with E-state index >= 15 is 0 Å². The molecule has 0 aliphatic heterocycles. The molecule has 4 aromatic rings. The average molecular weight is 499 g/mol. The predicted molar refractivity (Wildman–Crippen MR) is 131 cm³/mol. The fourth-order valence-electron chi connectivity index (χ4n) is 4.13. The number of ether oxygens (including phenoxy) is 1. The first-order valence-corrected chi connectivity index (χ1v) is 12.6. The van der Waals surface area contributed by atoms with Gasteiger partial charge in [0.15, 0.2) is 15.6 Å². The second-order valence-corrected chi connectivity index (χ2v) is 10.5. The molecule has 3 aromatic carbocycles. The highest BCUT2D eigenvalue weighted by molar-refractivity contribution is 7.90. The van der Waals surface area contributed by atoms with Crippen LogP contribution in [0, 0.1) is 25.5 Å². The van der Waals surface area contributed by atoms with Gasteiger partial charge in [0.05, 0.1) is 12.0 Å². The van der Waals surface area contributed by atoms with E-state index < -0.39 is 33.3 Å². The van der Waals surface area contributed by atoms with E-state index in [4.69, 9.17) is 4.74 Å². The number of methoxy groups -OCH3 is 1. The zero-order valence-corrected chi connectivity index (χ0v) is 20.4. The fraction of sp³-hybridized carbons (Fsp3) is 0.192. The van der Waals surface area contributed by atoms with Gasteiger partial charge in [-0.3, -0.25) is 4.79 Å².